The van der Waals surface area contributed by atoms with Crippen LogP contribution < -0.4 is 5.32 Å². The molecule has 1 aliphatic rings. The molecule has 90 valence electrons. The van der Waals surface area contributed by atoms with Crippen molar-refractivity contribution in [3.63, 3.8) is 0 Å². The van der Waals surface area contributed by atoms with Gasteiger partial charge in [-0.2, -0.15) is 0 Å². The minimum absolute atomic E-state index is 0.647. The van der Waals surface area contributed by atoms with E-state index in [1.165, 1.54) is 5.69 Å². The average molecular weight is 222 g/mol. The predicted octanol–water partition coefficient (Wildman–Crippen LogP) is 2.20. The van der Waals surface area contributed by atoms with Crippen molar-refractivity contribution in [2.75, 3.05) is 13.1 Å². The Morgan fingerprint density at radius 2 is 2.19 bits per heavy atom. The highest BCUT2D eigenvalue weighted by Gasteiger charge is 2.21. The Hall–Kier alpha value is -0.830. The Bertz CT molecular complexity index is 340. The van der Waals surface area contributed by atoms with Gasteiger partial charge < -0.3 is 9.73 Å². The van der Waals surface area contributed by atoms with Crippen LogP contribution in [0.4, 0.5) is 0 Å². The van der Waals surface area contributed by atoms with Crippen molar-refractivity contribution in [2.45, 2.75) is 40.0 Å². The molecular weight excluding hydrogens is 200 g/mol. The van der Waals surface area contributed by atoms with E-state index in [1.54, 1.807) is 0 Å². The summed E-state index contributed by atoms with van der Waals surface area (Å²) < 4.78 is 5.83. The third-order valence-corrected chi connectivity index (χ3v) is 3.07. The molecule has 2 rings (SSSR count). The first-order chi connectivity index (χ1) is 7.69. The van der Waals surface area contributed by atoms with Crippen LogP contribution in [0.5, 0.6) is 0 Å². The molecule has 1 aromatic heterocycles. The number of nitrogens with zero attached hydrogens (tertiary/aromatic N) is 1. The number of aryl methyl sites for hydroxylation is 1. The molecule has 3 nitrogen and oxygen atoms in total. The fraction of sp³-hybridized carbons (Fsp3) is 0.769. The first-order valence-corrected chi connectivity index (χ1v) is 6.37. The summed E-state index contributed by atoms with van der Waals surface area (Å²) in [4.78, 5) is 4.65. The normalized spacial score (nSPS) is 16.8. The highest BCUT2D eigenvalue weighted by atomic mass is 16.4. The lowest BCUT2D eigenvalue weighted by Crippen LogP contribution is -2.43. The molecule has 1 saturated heterocycles. The van der Waals surface area contributed by atoms with Crippen molar-refractivity contribution in [3.8, 4) is 0 Å². The molecule has 1 aliphatic heterocycles. The van der Waals surface area contributed by atoms with E-state index in [9.17, 15) is 0 Å². The van der Waals surface area contributed by atoms with Crippen LogP contribution in [0.3, 0.4) is 0 Å². The highest BCUT2D eigenvalue weighted by molar-refractivity contribution is 5.11. The van der Waals surface area contributed by atoms with E-state index in [4.69, 9.17) is 4.42 Å². The van der Waals surface area contributed by atoms with Crippen molar-refractivity contribution in [2.24, 2.45) is 11.8 Å². The van der Waals surface area contributed by atoms with E-state index in [0.717, 1.165) is 49.9 Å². The third kappa shape index (κ3) is 2.64. The van der Waals surface area contributed by atoms with Gasteiger partial charge in [-0.25, -0.2) is 4.98 Å². The lowest BCUT2D eigenvalue weighted by molar-refractivity contribution is 0.314. The monoisotopic (exact) mass is 222 g/mol. The van der Waals surface area contributed by atoms with Gasteiger partial charge in [0, 0.05) is 12.8 Å². The van der Waals surface area contributed by atoms with Crippen molar-refractivity contribution in [1.29, 1.82) is 0 Å². The average Bonchev–Trinajstić information content (AvgIpc) is 2.53. The zero-order chi connectivity index (χ0) is 11.5. The second-order valence-corrected chi connectivity index (χ2v) is 5.16. The number of hydrogen-bond acceptors (Lipinski definition) is 3. The largest absolute Gasteiger partial charge is 0.445 e. The third-order valence-electron chi connectivity index (χ3n) is 3.07. The summed E-state index contributed by atoms with van der Waals surface area (Å²) in [7, 11) is 0. The first kappa shape index (κ1) is 11.6. The summed E-state index contributed by atoms with van der Waals surface area (Å²) in [6, 6.07) is 0. The molecule has 16 heavy (non-hydrogen) atoms. The molecule has 1 aromatic rings. The zero-order valence-electron chi connectivity index (χ0n) is 10.5. The molecular formula is C13H22N2O. The Labute approximate surface area is 97.6 Å². The summed E-state index contributed by atoms with van der Waals surface area (Å²) in [5.41, 5.74) is 1.18. The Morgan fingerprint density at radius 3 is 2.69 bits per heavy atom. The van der Waals surface area contributed by atoms with Gasteiger partial charge in [0.2, 0.25) is 0 Å². The SMILES string of the molecule is CCc1oc(CC2CNC2)nc1CC(C)C. The predicted molar refractivity (Wildman–Crippen MR) is 64.5 cm³/mol. The van der Waals surface area contributed by atoms with Crippen molar-refractivity contribution in [1.82, 2.24) is 10.3 Å². The van der Waals surface area contributed by atoms with E-state index in [0.29, 0.717) is 5.92 Å². The van der Waals surface area contributed by atoms with Crippen LogP contribution in [0.25, 0.3) is 0 Å². The molecule has 3 heteroatoms. The number of nitrogens with one attached hydrogen (secondary N) is 1. The Balaban J connectivity index is 2.04. The molecule has 0 amide bonds. The minimum atomic E-state index is 0.647. The molecule has 1 N–H and O–H groups in total. The molecule has 0 radical (unpaired) electrons. The van der Waals surface area contributed by atoms with Crippen LogP contribution in [0, 0.1) is 11.8 Å². The van der Waals surface area contributed by atoms with Crippen LogP contribution in [0.15, 0.2) is 4.42 Å². The summed E-state index contributed by atoms with van der Waals surface area (Å²) >= 11 is 0. The standard InChI is InChI=1S/C13H22N2O/c1-4-12-11(5-9(2)3)15-13(16-12)6-10-7-14-8-10/h9-10,14H,4-8H2,1-3H3. The first-order valence-electron chi connectivity index (χ1n) is 6.37. The fourth-order valence-corrected chi connectivity index (χ4v) is 2.09. The van der Waals surface area contributed by atoms with Gasteiger partial charge in [-0.3, -0.25) is 0 Å². The maximum Gasteiger partial charge on any atom is 0.194 e. The maximum atomic E-state index is 5.83. The lowest BCUT2D eigenvalue weighted by atomic mass is 10.00. The Kier molecular flexibility index (Phi) is 3.64. The van der Waals surface area contributed by atoms with E-state index in [-0.39, 0.29) is 0 Å². The summed E-state index contributed by atoms with van der Waals surface area (Å²) in [5.74, 6) is 3.42. The second kappa shape index (κ2) is 5.00. The molecule has 0 spiro atoms. The fourth-order valence-electron chi connectivity index (χ4n) is 2.09. The summed E-state index contributed by atoms with van der Waals surface area (Å²) in [5, 5.41) is 3.28. The molecule has 0 saturated carbocycles. The zero-order valence-corrected chi connectivity index (χ0v) is 10.5. The van der Waals surface area contributed by atoms with Gasteiger partial charge in [0.05, 0.1) is 5.69 Å². The molecule has 0 unspecified atom stereocenters. The van der Waals surface area contributed by atoms with Crippen LogP contribution >= 0.6 is 0 Å². The second-order valence-electron chi connectivity index (χ2n) is 5.16. The highest BCUT2D eigenvalue weighted by Crippen LogP contribution is 2.19. The van der Waals surface area contributed by atoms with Crippen LogP contribution in [-0.4, -0.2) is 18.1 Å². The van der Waals surface area contributed by atoms with Crippen LogP contribution in [-0.2, 0) is 19.3 Å². The van der Waals surface area contributed by atoms with Crippen molar-refractivity contribution in [3.05, 3.63) is 17.3 Å². The van der Waals surface area contributed by atoms with Gasteiger partial charge in [0.1, 0.15) is 5.76 Å². The molecule has 2 heterocycles. The van der Waals surface area contributed by atoms with Gasteiger partial charge in [0.15, 0.2) is 5.89 Å². The number of oxazole rings is 1. The summed E-state index contributed by atoms with van der Waals surface area (Å²) in [6.07, 6.45) is 2.99. The number of aromatic nitrogens is 1. The van der Waals surface area contributed by atoms with Gasteiger partial charge in [-0.05, 0) is 31.3 Å². The molecule has 1 fully saturated rings. The number of rotatable bonds is 5. The Morgan fingerprint density at radius 1 is 1.44 bits per heavy atom. The molecule has 0 aromatic carbocycles. The lowest BCUT2D eigenvalue weighted by Gasteiger charge is -2.25. The van der Waals surface area contributed by atoms with Gasteiger partial charge in [0.25, 0.3) is 0 Å². The van der Waals surface area contributed by atoms with Crippen LogP contribution in [0.1, 0.15) is 38.1 Å². The summed E-state index contributed by atoms with van der Waals surface area (Å²) in [6.45, 7) is 8.82. The maximum absolute atomic E-state index is 5.83. The van der Waals surface area contributed by atoms with Gasteiger partial charge in [-0.1, -0.05) is 20.8 Å². The van der Waals surface area contributed by atoms with E-state index < -0.39 is 0 Å². The topological polar surface area (TPSA) is 38.1 Å². The molecule has 0 atom stereocenters. The molecule has 0 bridgehead atoms. The molecule has 0 aliphatic carbocycles. The van der Waals surface area contributed by atoms with Gasteiger partial charge in [-0.15, -0.1) is 0 Å². The van der Waals surface area contributed by atoms with E-state index in [2.05, 4.69) is 31.1 Å². The van der Waals surface area contributed by atoms with Crippen LogP contribution in [0.2, 0.25) is 0 Å². The van der Waals surface area contributed by atoms with Crippen molar-refractivity contribution < 1.29 is 4.42 Å². The number of hydrogen-bond donors (Lipinski definition) is 1. The van der Waals surface area contributed by atoms with Crippen molar-refractivity contribution >= 4 is 0 Å². The quantitative estimate of drug-likeness (QED) is 0.830. The van der Waals surface area contributed by atoms with E-state index in [1.807, 2.05) is 0 Å². The minimum Gasteiger partial charge on any atom is -0.445 e. The van der Waals surface area contributed by atoms with E-state index >= 15 is 0 Å². The van der Waals surface area contributed by atoms with Gasteiger partial charge >= 0.3 is 0 Å². The smallest absolute Gasteiger partial charge is 0.194 e.